The van der Waals surface area contributed by atoms with Gasteiger partial charge >= 0.3 is 0 Å². The number of nitrogens with one attached hydrogen (secondary N) is 1. The standard InChI is InChI=1S/C11H14N2O3S2/c12-10-9(11(14)13-6-1-2-6)7-3-4-18(15,16)5-8(7)17-10/h6H,1-5,12H2,(H,13,14). The Morgan fingerprint density at radius 1 is 1.39 bits per heavy atom. The number of sulfone groups is 1. The second kappa shape index (κ2) is 3.96. The highest BCUT2D eigenvalue weighted by atomic mass is 32.2. The van der Waals surface area contributed by atoms with Crippen LogP contribution in [0.2, 0.25) is 0 Å². The number of carbonyl (C=O) groups is 1. The van der Waals surface area contributed by atoms with E-state index in [1.54, 1.807) is 0 Å². The Balaban J connectivity index is 1.95. The van der Waals surface area contributed by atoms with Gasteiger partial charge in [-0.25, -0.2) is 8.42 Å². The molecule has 5 nitrogen and oxygen atoms in total. The van der Waals surface area contributed by atoms with Gasteiger partial charge < -0.3 is 11.1 Å². The number of hydrogen-bond donors (Lipinski definition) is 2. The van der Waals surface area contributed by atoms with Crippen LogP contribution in [0.1, 0.15) is 33.6 Å². The molecule has 3 N–H and O–H groups in total. The van der Waals surface area contributed by atoms with Gasteiger partial charge in [0.15, 0.2) is 9.84 Å². The zero-order valence-corrected chi connectivity index (χ0v) is 11.4. The van der Waals surface area contributed by atoms with E-state index in [0.717, 1.165) is 23.3 Å². The van der Waals surface area contributed by atoms with Crippen LogP contribution in [0, 0.1) is 0 Å². The minimum atomic E-state index is -3.01. The fourth-order valence-electron chi connectivity index (χ4n) is 2.18. The van der Waals surface area contributed by atoms with Crippen LogP contribution >= 0.6 is 11.3 Å². The van der Waals surface area contributed by atoms with E-state index in [-0.39, 0.29) is 23.5 Å². The van der Waals surface area contributed by atoms with E-state index in [1.165, 1.54) is 11.3 Å². The van der Waals surface area contributed by atoms with Gasteiger partial charge in [-0.2, -0.15) is 0 Å². The molecule has 0 saturated heterocycles. The van der Waals surface area contributed by atoms with Crippen molar-refractivity contribution in [2.75, 3.05) is 11.5 Å². The topological polar surface area (TPSA) is 89.3 Å². The van der Waals surface area contributed by atoms with E-state index in [1.807, 2.05) is 0 Å². The quantitative estimate of drug-likeness (QED) is 0.837. The molecule has 0 aromatic carbocycles. The molecule has 1 fully saturated rings. The Labute approximate surface area is 109 Å². The predicted octanol–water partition coefficient (Wildman–Crippen LogP) is 0.693. The van der Waals surface area contributed by atoms with Crippen LogP contribution in [-0.2, 0) is 22.0 Å². The molecule has 0 spiro atoms. The largest absolute Gasteiger partial charge is 0.390 e. The predicted molar refractivity (Wildman–Crippen MR) is 70.4 cm³/mol. The van der Waals surface area contributed by atoms with E-state index in [2.05, 4.69) is 5.32 Å². The van der Waals surface area contributed by atoms with Crippen molar-refractivity contribution < 1.29 is 13.2 Å². The third kappa shape index (κ3) is 2.12. The van der Waals surface area contributed by atoms with Crippen molar-refractivity contribution in [3.8, 4) is 0 Å². The third-order valence-corrected chi connectivity index (χ3v) is 6.07. The molecular formula is C11H14N2O3S2. The summed E-state index contributed by atoms with van der Waals surface area (Å²) in [4.78, 5) is 12.8. The van der Waals surface area contributed by atoms with Crippen molar-refractivity contribution >= 4 is 32.1 Å². The molecule has 1 aromatic heterocycles. The molecule has 1 aliphatic heterocycles. The van der Waals surface area contributed by atoms with Crippen molar-refractivity contribution in [1.29, 1.82) is 0 Å². The molecular weight excluding hydrogens is 272 g/mol. The van der Waals surface area contributed by atoms with Gasteiger partial charge in [-0.1, -0.05) is 0 Å². The smallest absolute Gasteiger partial charge is 0.254 e. The van der Waals surface area contributed by atoms with Gasteiger partial charge in [0.25, 0.3) is 5.91 Å². The number of carbonyl (C=O) groups excluding carboxylic acids is 1. The van der Waals surface area contributed by atoms with E-state index >= 15 is 0 Å². The first-order chi connectivity index (χ1) is 8.46. The maximum atomic E-state index is 12.1. The average molecular weight is 286 g/mol. The number of amides is 1. The number of fused-ring (bicyclic) bond motifs is 1. The molecule has 7 heteroatoms. The minimum Gasteiger partial charge on any atom is -0.390 e. The van der Waals surface area contributed by atoms with Crippen LogP contribution in [0.5, 0.6) is 0 Å². The number of anilines is 1. The highest BCUT2D eigenvalue weighted by Gasteiger charge is 2.32. The van der Waals surface area contributed by atoms with Crippen molar-refractivity contribution in [3.63, 3.8) is 0 Å². The molecule has 1 amide bonds. The van der Waals surface area contributed by atoms with Crippen molar-refractivity contribution in [1.82, 2.24) is 5.32 Å². The Kier molecular flexibility index (Phi) is 2.63. The lowest BCUT2D eigenvalue weighted by Gasteiger charge is -2.13. The summed E-state index contributed by atoms with van der Waals surface area (Å²) in [5.74, 6) is -0.0138. The van der Waals surface area contributed by atoms with Crippen LogP contribution in [0.25, 0.3) is 0 Å². The van der Waals surface area contributed by atoms with Crippen LogP contribution in [-0.4, -0.2) is 26.1 Å². The maximum Gasteiger partial charge on any atom is 0.254 e. The molecule has 98 valence electrons. The maximum absolute atomic E-state index is 12.1. The molecule has 3 rings (SSSR count). The van der Waals surface area contributed by atoms with E-state index < -0.39 is 9.84 Å². The summed E-state index contributed by atoms with van der Waals surface area (Å²) in [5.41, 5.74) is 7.22. The minimum absolute atomic E-state index is 0.0217. The van der Waals surface area contributed by atoms with Gasteiger partial charge in [0, 0.05) is 10.9 Å². The summed E-state index contributed by atoms with van der Waals surface area (Å²) >= 11 is 1.23. The molecule has 0 radical (unpaired) electrons. The zero-order valence-electron chi connectivity index (χ0n) is 9.73. The Morgan fingerprint density at radius 2 is 2.11 bits per heavy atom. The van der Waals surface area contributed by atoms with Crippen molar-refractivity contribution in [3.05, 3.63) is 16.0 Å². The van der Waals surface area contributed by atoms with Crippen LogP contribution in [0.4, 0.5) is 5.00 Å². The van der Waals surface area contributed by atoms with Gasteiger partial charge in [-0.05, 0) is 24.8 Å². The molecule has 2 aliphatic rings. The number of rotatable bonds is 2. The SMILES string of the molecule is Nc1sc2c(c1C(=O)NC1CC1)CCS(=O)(=O)C2. The monoisotopic (exact) mass is 286 g/mol. The molecule has 1 saturated carbocycles. The van der Waals surface area contributed by atoms with Gasteiger partial charge in [0.05, 0.1) is 22.1 Å². The highest BCUT2D eigenvalue weighted by molar-refractivity contribution is 7.90. The molecule has 0 unspecified atom stereocenters. The summed E-state index contributed by atoms with van der Waals surface area (Å²) in [5, 5.41) is 3.35. The van der Waals surface area contributed by atoms with E-state index in [9.17, 15) is 13.2 Å². The summed E-state index contributed by atoms with van der Waals surface area (Å²) < 4.78 is 23.1. The molecule has 1 aromatic rings. The van der Waals surface area contributed by atoms with Gasteiger partial charge in [-0.3, -0.25) is 4.79 Å². The number of hydrogen-bond acceptors (Lipinski definition) is 5. The normalized spacial score (nSPS) is 21.3. The van der Waals surface area contributed by atoms with Crippen LogP contribution in [0.15, 0.2) is 0 Å². The van der Waals surface area contributed by atoms with Crippen molar-refractivity contribution in [2.45, 2.75) is 31.1 Å². The highest BCUT2D eigenvalue weighted by Crippen LogP contribution is 2.36. The Morgan fingerprint density at radius 3 is 2.78 bits per heavy atom. The molecule has 0 atom stereocenters. The second-order valence-electron chi connectivity index (χ2n) is 4.83. The van der Waals surface area contributed by atoms with Gasteiger partial charge in [0.2, 0.25) is 0 Å². The first-order valence-electron chi connectivity index (χ1n) is 5.87. The van der Waals surface area contributed by atoms with E-state index in [4.69, 9.17) is 5.73 Å². The summed E-state index contributed by atoms with van der Waals surface area (Å²) in [7, 11) is -3.01. The van der Waals surface area contributed by atoms with Crippen LogP contribution < -0.4 is 11.1 Å². The Hall–Kier alpha value is -1.08. The lowest BCUT2D eigenvalue weighted by molar-refractivity contribution is 0.0951. The summed E-state index contributed by atoms with van der Waals surface area (Å²) in [6, 6.07) is 0.278. The Bertz CT molecular complexity index is 614. The van der Waals surface area contributed by atoms with Gasteiger partial charge in [0.1, 0.15) is 0 Å². The molecule has 1 aliphatic carbocycles. The summed E-state index contributed by atoms with van der Waals surface area (Å²) in [6.07, 6.45) is 2.44. The molecule has 2 heterocycles. The lowest BCUT2D eigenvalue weighted by Crippen LogP contribution is -2.28. The van der Waals surface area contributed by atoms with Crippen molar-refractivity contribution in [2.24, 2.45) is 0 Å². The van der Waals surface area contributed by atoms with E-state index in [0.29, 0.717) is 17.0 Å². The second-order valence-corrected chi connectivity index (χ2v) is 8.15. The summed E-state index contributed by atoms with van der Waals surface area (Å²) in [6.45, 7) is 0. The number of thiophene rings is 1. The fraction of sp³-hybridized carbons (Fsp3) is 0.545. The average Bonchev–Trinajstić information content (AvgIpc) is 2.99. The molecule has 0 bridgehead atoms. The lowest BCUT2D eigenvalue weighted by atomic mass is 10.1. The van der Waals surface area contributed by atoms with Gasteiger partial charge in [-0.15, -0.1) is 11.3 Å². The number of nitrogen functional groups attached to an aromatic ring is 1. The third-order valence-electron chi connectivity index (χ3n) is 3.27. The fourth-order valence-corrected chi connectivity index (χ4v) is 5.10. The first kappa shape index (κ1) is 12.0. The first-order valence-corrected chi connectivity index (χ1v) is 8.51. The number of nitrogens with two attached hydrogens (primary N) is 1. The van der Waals surface area contributed by atoms with Crippen LogP contribution in [0.3, 0.4) is 0 Å². The zero-order chi connectivity index (χ0) is 12.9. The molecule has 18 heavy (non-hydrogen) atoms.